The molecule has 5 heteroatoms. The average molecular weight is 260 g/mol. The number of H-pyrrole nitrogens is 1. The average Bonchev–Trinajstić information content (AvgIpc) is 3.02. The summed E-state index contributed by atoms with van der Waals surface area (Å²) in [6.07, 6.45) is 5.55. The molecule has 19 heavy (non-hydrogen) atoms. The fourth-order valence-electron chi connectivity index (χ4n) is 3.07. The van der Waals surface area contributed by atoms with Crippen LogP contribution >= 0.6 is 0 Å². The molecule has 1 saturated carbocycles. The van der Waals surface area contributed by atoms with Crippen LogP contribution in [0.3, 0.4) is 0 Å². The Bertz CT molecular complexity index is 649. The summed E-state index contributed by atoms with van der Waals surface area (Å²) < 4.78 is 1.58. The van der Waals surface area contributed by atoms with E-state index in [0.29, 0.717) is 18.9 Å². The molecule has 3 N–H and O–H groups in total. The summed E-state index contributed by atoms with van der Waals surface area (Å²) in [5, 5.41) is 3.23. The lowest BCUT2D eigenvalue weighted by Crippen LogP contribution is -2.24. The van der Waals surface area contributed by atoms with Crippen LogP contribution in [-0.4, -0.2) is 21.1 Å². The Hall–Kier alpha value is -1.62. The number of nitrogens with one attached hydrogen (secondary N) is 1. The number of fused-ring (bicyclic) bond motifs is 1. The Kier molecular flexibility index (Phi) is 3.14. The Balaban J connectivity index is 2.12. The highest BCUT2D eigenvalue weighted by molar-refractivity contribution is 5.42. The second-order valence-corrected chi connectivity index (χ2v) is 5.41. The van der Waals surface area contributed by atoms with Crippen molar-refractivity contribution in [1.29, 1.82) is 0 Å². The second kappa shape index (κ2) is 4.81. The molecule has 0 amide bonds. The van der Waals surface area contributed by atoms with Gasteiger partial charge in [0.15, 0.2) is 5.65 Å². The van der Waals surface area contributed by atoms with Gasteiger partial charge in [-0.15, -0.1) is 0 Å². The molecule has 0 unspecified atom stereocenters. The standard InChI is InChI=1S/C14H20N4O/c1-9-11(6-7-15)14(19)18-13(16-9)8-12(17-18)10-4-2-3-5-10/h8,10,17H,2-7,15H2,1H3. The van der Waals surface area contributed by atoms with Gasteiger partial charge in [0.25, 0.3) is 5.56 Å². The molecule has 3 rings (SSSR count). The van der Waals surface area contributed by atoms with E-state index >= 15 is 0 Å². The van der Waals surface area contributed by atoms with Gasteiger partial charge >= 0.3 is 0 Å². The van der Waals surface area contributed by atoms with E-state index in [1.165, 1.54) is 25.7 Å². The zero-order valence-corrected chi connectivity index (χ0v) is 11.3. The lowest BCUT2D eigenvalue weighted by Gasteiger charge is -2.04. The summed E-state index contributed by atoms with van der Waals surface area (Å²) in [5.74, 6) is 0.555. The van der Waals surface area contributed by atoms with E-state index in [1.807, 2.05) is 13.0 Å². The lowest BCUT2D eigenvalue weighted by molar-refractivity contribution is 0.679. The Morgan fingerprint density at radius 2 is 2.21 bits per heavy atom. The van der Waals surface area contributed by atoms with E-state index in [0.717, 1.165) is 22.6 Å². The van der Waals surface area contributed by atoms with E-state index in [-0.39, 0.29) is 5.56 Å². The number of hydrogen-bond acceptors (Lipinski definition) is 3. The van der Waals surface area contributed by atoms with Crippen LogP contribution in [0.15, 0.2) is 10.9 Å². The van der Waals surface area contributed by atoms with Crippen molar-refractivity contribution in [3.63, 3.8) is 0 Å². The van der Waals surface area contributed by atoms with E-state index < -0.39 is 0 Å². The molecule has 0 atom stereocenters. The predicted octanol–water partition coefficient (Wildman–Crippen LogP) is 1.49. The first kappa shape index (κ1) is 12.4. The molecular weight excluding hydrogens is 240 g/mol. The van der Waals surface area contributed by atoms with Gasteiger partial charge in [-0.2, -0.15) is 0 Å². The second-order valence-electron chi connectivity index (χ2n) is 5.41. The molecule has 1 aliphatic rings. The smallest absolute Gasteiger partial charge is 0.276 e. The third-order valence-electron chi connectivity index (χ3n) is 4.12. The maximum Gasteiger partial charge on any atom is 0.276 e. The quantitative estimate of drug-likeness (QED) is 0.877. The van der Waals surface area contributed by atoms with Gasteiger partial charge in [0.1, 0.15) is 0 Å². The topological polar surface area (TPSA) is 76.2 Å². The fourth-order valence-corrected chi connectivity index (χ4v) is 3.07. The third-order valence-corrected chi connectivity index (χ3v) is 4.12. The highest BCUT2D eigenvalue weighted by atomic mass is 16.1. The molecule has 2 aromatic heterocycles. The third kappa shape index (κ3) is 2.08. The van der Waals surface area contributed by atoms with Gasteiger partial charge in [-0.1, -0.05) is 12.8 Å². The number of aromatic amines is 1. The summed E-state index contributed by atoms with van der Waals surface area (Å²) in [6.45, 7) is 2.36. The largest absolute Gasteiger partial charge is 0.330 e. The van der Waals surface area contributed by atoms with E-state index in [9.17, 15) is 4.79 Å². The van der Waals surface area contributed by atoms with Crippen molar-refractivity contribution in [1.82, 2.24) is 14.6 Å². The van der Waals surface area contributed by atoms with Crippen LogP contribution in [0.4, 0.5) is 0 Å². The Labute approximate surface area is 111 Å². The molecule has 1 aliphatic carbocycles. The number of rotatable bonds is 3. The number of hydrogen-bond donors (Lipinski definition) is 2. The van der Waals surface area contributed by atoms with Crippen molar-refractivity contribution in [2.24, 2.45) is 5.73 Å². The molecule has 1 fully saturated rings. The van der Waals surface area contributed by atoms with Gasteiger partial charge in [0.05, 0.1) is 0 Å². The van der Waals surface area contributed by atoms with Crippen LogP contribution in [0, 0.1) is 6.92 Å². The van der Waals surface area contributed by atoms with Crippen LogP contribution in [0.25, 0.3) is 5.65 Å². The van der Waals surface area contributed by atoms with Gasteiger partial charge in [-0.05, 0) is 32.7 Å². The van der Waals surface area contributed by atoms with Gasteiger partial charge in [0, 0.05) is 28.9 Å². The molecule has 0 aliphatic heterocycles. The zero-order chi connectivity index (χ0) is 13.4. The number of nitrogens with two attached hydrogens (primary N) is 1. The first-order chi connectivity index (χ1) is 9.20. The SMILES string of the molecule is Cc1nc2cc(C3CCCC3)[nH]n2c(=O)c1CCN. The van der Waals surface area contributed by atoms with E-state index in [2.05, 4.69) is 10.1 Å². The number of nitrogens with zero attached hydrogens (tertiary/aromatic N) is 2. The first-order valence-electron chi connectivity index (χ1n) is 7.02. The fraction of sp³-hybridized carbons (Fsp3) is 0.571. The van der Waals surface area contributed by atoms with Crippen LogP contribution < -0.4 is 11.3 Å². The summed E-state index contributed by atoms with van der Waals surface area (Å²) >= 11 is 0. The monoisotopic (exact) mass is 260 g/mol. The van der Waals surface area contributed by atoms with Gasteiger partial charge in [0.2, 0.25) is 0 Å². The van der Waals surface area contributed by atoms with Crippen LogP contribution in [0.5, 0.6) is 0 Å². The summed E-state index contributed by atoms with van der Waals surface area (Å²) in [7, 11) is 0. The molecule has 0 bridgehead atoms. The molecule has 102 valence electrons. The van der Waals surface area contributed by atoms with Gasteiger partial charge in [-0.25, -0.2) is 9.50 Å². The number of aryl methyl sites for hydroxylation is 1. The highest BCUT2D eigenvalue weighted by Gasteiger charge is 2.20. The van der Waals surface area contributed by atoms with Crippen LogP contribution in [-0.2, 0) is 6.42 Å². The summed E-state index contributed by atoms with van der Waals surface area (Å²) in [4.78, 5) is 16.9. The minimum Gasteiger partial charge on any atom is -0.330 e. The normalized spacial score (nSPS) is 16.5. The molecule has 0 spiro atoms. The molecule has 2 aromatic rings. The minimum atomic E-state index is -0.00260. The Morgan fingerprint density at radius 1 is 1.47 bits per heavy atom. The zero-order valence-electron chi connectivity index (χ0n) is 11.3. The Morgan fingerprint density at radius 3 is 2.89 bits per heavy atom. The van der Waals surface area contributed by atoms with E-state index in [1.54, 1.807) is 4.52 Å². The van der Waals surface area contributed by atoms with Crippen LogP contribution in [0.1, 0.15) is 48.6 Å². The van der Waals surface area contributed by atoms with E-state index in [4.69, 9.17) is 5.73 Å². The van der Waals surface area contributed by atoms with Crippen molar-refractivity contribution in [3.8, 4) is 0 Å². The maximum atomic E-state index is 12.4. The molecule has 0 radical (unpaired) electrons. The van der Waals surface area contributed by atoms with Crippen molar-refractivity contribution in [2.75, 3.05) is 6.54 Å². The van der Waals surface area contributed by atoms with Crippen LogP contribution in [0.2, 0.25) is 0 Å². The molecule has 0 aromatic carbocycles. The maximum absolute atomic E-state index is 12.4. The molecule has 0 saturated heterocycles. The highest BCUT2D eigenvalue weighted by Crippen LogP contribution is 2.33. The predicted molar refractivity (Wildman–Crippen MR) is 74.5 cm³/mol. The van der Waals surface area contributed by atoms with Crippen molar-refractivity contribution in [3.05, 3.63) is 33.4 Å². The lowest BCUT2D eigenvalue weighted by atomic mass is 10.1. The summed E-state index contributed by atoms with van der Waals surface area (Å²) in [5.41, 5.74) is 8.95. The van der Waals surface area contributed by atoms with Crippen molar-refractivity contribution >= 4 is 5.65 Å². The number of aromatic nitrogens is 3. The van der Waals surface area contributed by atoms with Crippen molar-refractivity contribution in [2.45, 2.75) is 44.9 Å². The molecule has 5 nitrogen and oxygen atoms in total. The van der Waals surface area contributed by atoms with Gasteiger partial charge < -0.3 is 5.73 Å². The summed E-state index contributed by atoms with van der Waals surface area (Å²) in [6, 6.07) is 2.02. The molecular formula is C14H20N4O. The first-order valence-corrected chi connectivity index (χ1v) is 7.02. The van der Waals surface area contributed by atoms with Crippen molar-refractivity contribution < 1.29 is 0 Å². The minimum absolute atomic E-state index is 0.00260. The molecule has 2 heterocycles. The van der Waals surface area contributed by atoms with Gasteiger partial charge in [-0.3, -0.25) is 9.89 Å².